The molecule has 1 saturated heterocycles. The molecule has 1 heterocycles. The first kappa shape index (κ1) is 75.9. The van der Waals surface area contributed by atoms with Crippen LogP contribution in [0.3, 0.4) is 0 Å². The second-order valence-corrected chi connectivity index (χ2v) is 26.2. The molecular weight excluding hydrogens is 1210 g/mol. The van der Waals surface area contributed by atoms with Crippen molar-refractivity contribution in [1.82, 2.24) is 10.6 Å². The third-order valence-corrected chi connectivity index (χ3v) is 18.2. The highest BCUT2D eigenvalue weighted by atomic mass is 16.7. The fraction of sp³-hybridized carbons (Fsp3) is 0.482. The van der Waals surface area contributed by atoms with Gasteiger partial charge in [-0.15, -0.1) is 0 Å². The molecule has 1 aliphatic rings. The predicted octanol–water partition coefficient (Wildman–Crippen LogP) is 18.8. The normalized spacial score (nSPS) is 17.1. The average Bonchev–Trinajstić information content (AvgIpc) is 0.849. The second-order valence-electron chi connectivity index (χ2n) is 26.2. The van der Waals surface area contributed by atoms with Crippen molar-refractivity contribution < 1.29 is 47.5 Å². The van der Waals surface area contributed by atoms with E-state index in [4.69, 9.17) is 37.9 Å². The Morgan fingerprint density at radius 3 is 1.28 bits per heavy atom. The van der Waals surface area contributed by atoms with Gasteiger partial charge in [-0.05, 0) is 64.8 Å². The summed E-state index contributed by atoms with van der Waals surface area (Å²) in [7, 11) is 0. The summed E-state index contributed by atoms with van der Waals surface area (Å²) in [5, 5.41) is 6.59. The maximum absolute atomic E-state index is 14.9. The van der Waals surface area contributed by atoms with Gasteiger partial charge < -0.3 is 48.5 Å². The van der Waals surface area contributed by atoms with E-state index < -0.39 is 49.0 Å². The van der Waals surface area contributed by atoms with E-state index in [-0.39, 0.29) is 38.2 Å². The summed E-state index contributed by atoms with van der Waals surface area (Å²) in [6.45, 7) is 4.98. The van der Waals surface area contributed by atoms with Crippen LogP contribution in [0.15, 0.2) is 212 Å². The molecule has 0 aromatic heterocycles. The lowest BCUT2D eigenvalue weighted by Gasteiger charge is -2.46. The van der Waals surface area contributed by atoms with Gasteiger partial charge in [0, 0.05) is 18.5 Å². The van der Waals surface area contributed by atoms with Crippen molar-refractivity contribution in [3.05, 3.63) is 251 Å². The third-order valence-electron chi connectivity index (χ3n) is 18.2. The number of unbranched alkanes of at least 4 members (excludes halogenated alkanes) is 19. The minimum absolute atomic E-state index is 0.00261. The number of benzene rings is 7. The van der Waals surface area contributed by atoms with Gasteiger partial charge in [0.1, 0.15) is 30.5 Å². The molecule has 522 valence electrons. The minimum atomic E-state index is -1.03. The van der Waals surface area contributed by atoms with Crippen molar-refractivity contribution in [2.45, 2.75) is 243 Å². The molecule has 0 saturated carbocycles. The van der Waals surface area contributed by atoms with Crippen LogP contribution >= 0.6 is 0 Å². The predicted molar refractivity (Wildman–Crippen MR) is 388 cm³/mol. The number of ether oxygens (including phenoxy) is 8. The first-order chi connectivity index (χ1) is 48.0. The largest absolute Gasteiger partial charge is 0.374 e. The van der Waals surface area contributed by atoms with E-state index in [1.165, 1.54) is 57.8 Å². The van der Waals surface area contributed by atoms with Crippen LogP contribution in [0.1, 0.15) is 198 Å². The van der Waals surface area contributed by atoms with E-state index in [1.807, 2.05) is 140 Å². The summed E-state index contributed by atoms with van der Waals surface area (Å²) in [6.07, 6.45) is 20.3. The number of hydrogen-bond acceptors (Lipinski definition) is 10. The maximum Gasteiger partial charge on any atom is 0.251 e. The molecule has 1 aliphatic heterocycles. The summed E-state index contributed by atoms with van der Waals surface area (Å²) in [5.41, 5.74) is 6.79. The molecule has 0 bridgehead atoms. The summed E-state index contributed by atoms with van der Waals surface area (Å²) in [4.78, 5) is 27.3. The van der Waals surface area contributed by atoms with Crippen LogP contribution in [-0.2, 0) is 82.3 Å². The highest BCUT2D eigenvalue weighted by Gasteiger charge is 2.50. The van der Waals surface area contributed by atoms with Crippen molar-refractivity contribution in [3.63, 3.8) is 0 Å². The lowest BCUT2D eigenvalue weighted by molar-refractivity contribution is -0.330. The first-order valence-electron chi connectivity index (χ1n) is 36.8. The fourth-order valence-electron chi connectivity index (χ4n) is 12.7. The molecule has 8 atom stereocenters. The van der Waals surface area contributed by atoms with Gasteiger partial charge in [-0.2, -0.15) is 0 Å². The summed E-state index contributed by atoms with van der Waals surface area (Å²) >= 11 is 0. The minimum Gasteiger partial charge on any atom is -0.374 e. The fourth-order valence-corrected chi connectivity index (χ4v) is 12.7. The van der Waals surface area contributed by atoms with Crippen LogP contribution in [0, 0.1) is 0 Å². The monoisotopic (exact) mass is 1320 g/mol. The van der Waals surface area contributed by atoms with Gasteiger partial charge in [0.2, 0.25) is 5.91 Å². The van der Waals surface area contributed by atoms with E-state index in [2.05, 4.69) is 90.4 Å². The molecule has 0 radical (unpaired) electrons. The lowest BCUT2D eigenvalue weighted by atomic mass is 9.97. The third kappa shape index (κ3) is 30.0. The summed E-state index contributed by atoms with van der Waals surface area (Å²) in [5.74, 6) is -0.0856. The Labute approximate surface area is 581 Å². The quantitative estimate of drug-likeness (QED) is 0.0355. The lowest BCUT2D eigenvalue weighted by Crippen LogP contribution is -2.62. The molecule has 12 nitrogen and oxygen atoms in total. The van der Waals surface area contributed by atoms with E-state index in [0.717, 1.165) is 117 Å². The van der Waals surface area contributed by atoms with Crippen LogP contribution in [-0.4, -0.2) is 80.5 Å². The molecule has 1 fully saturated rings. The number of amides is 2. The van der Waals surface area contributed by atoms with Crippen molar-refractivity contribution in [2.24, 2.45) is 0 Å². The van der Waals surface area contributed by atoms with Gasteiger partial charge in [-0.3, -0.25) is 9.59 Å². The zero-order valence-corrected chi connectivity index (χ0v) is 58.0. The number of nitrogens with one attached hydrogen (secondary N) is 2. The Kier molecular flexibility index (Phi) is 36.9. The van der Waals surface area contributed by atoms with Gasteiger partial charge in [-0.1, -0.05) is 329 Å². The van der Waals surface area contributed by atoms with Crippen LogP contribution in [0.25, 0.3) is 0 Å². The molecule has 7 aromatic rings. The number of rotatable bonds is 51. The second kappa shape index (κ2) is 47.2. The van der Waals surface area contributed by atoms with Crippen LogP contribution in [0.5, 0.6) is 0 Å². The summed E-state index contributed by atoms with van der Waals surface area (Å²) < 4.78 is 56.9. The Morgan fingerprint density at radius 2 is 0.794 bits per heavy atom. The Balaban J connectivity index is 1.04. The molecule has 8 rings (SSSR count). The van der Waals surface area contributed by atoms with E-state index in [1.54, 1.807) is 0 Å². The van der Waals surface area contributed by atoms with Crippen molar-refractivity contribution in [1.29, 1.82) is 0 Å². The van der Waals surface area contributed by atoms with E-state index in [9.17, 15) is 9.59 Å². The smallest absolute Gasteiger partial charge is 0.251 e. The van der Waals surface area contributed by atoms with Gasteiger partial charge >= 0.3 is 0 Å². The summed E-state index contributed by atoms with van der Waals surface area (Å²) in [6, 6.07) is 69.9. The zero-order chi connectivity index (χ0) is 67.3. The van der Waals surface area contributed by atoms with E-state index in [0.29, 0.717) is 45.0 Å². The number of carbonyl (C=O) groups is 2. The van der Waals surface area contributed by atoms with Gasteiger partial charge in [-0.25, -0.2) is 0 Å². The molecule has 7 aromatic carbocycles. The van der Waals surface area contributed by atoms with Crippen LogP contribution < -0.4 is 10.6 Å². The number of carbonyl (C=O) groups excluding carboxylic acids is 2. The highest BCUT2D eigenvalue weighted by molar-refractivity contribution is 5.94. The topological polar surface area (TPSA) is 132 Å². The molecule has 12 heteroatoms. The highest BCUT2D eigenvalue weighted by Crippen LogP contribution is 2.33. The standard InChI is InChI=1S/C85H112N2O10/c1-2-3-4-5-6-7-8-9-11-14-17-41-58-77(91-62-70-46-29-21-30-47-70)80(92-63-71-48-31-22-32-49-71)76(87-79(88)59-42-18-15-12-10-13-16-19-43-60-86-84(89)75-56-39-26-40-57-75)67-96-85-83(95-66-74-54-37-25-38-55-74)82(94-65-73-52-35-24-36-53-73)81(93-64-72-50-33-23-34-51-72)78(97-85)68-90-61-69-44-27-20-28-45-69/h20-40,44-57,76-78,80-83,85H,2-19,41-43,58-68H2,1H3,(H,86,89)(H,87,88)/t76-,77+,78+,80-,81-,82-,83+,85-/m0/s1. The van der Waals surface area contributed by atoms with Crippen LogP contribution in [0.2, 0.25) is 0 Å². The van der Waals surface area contributed by atoms with Gasteiger partial charge in [0.25, 0.3) is 5.91 Å². The van der Waals surface area contributed by atoms with Crippen molar-refractivity contribution in [3.8, 4) is 0 Å². The molecule has 0 spiro atoms. The van der Waals surface area contributed by atoms with Crippen LogP contribution in [0.4, 0.5) is 0 Å². The molecule has 0 aliphatic carbocycles. The van der Waals surface area contributed by atoms with Gasteiger partial charge in [0.05, 0.1) is 65.0 Å². The Bertz CT molecular complexity index is 3080. The first-order valence-corrected chi connectivity index (χ1v) is 36.8. The zero-order valence-electron chi connectivity index (χ0n) is 58.0. The number of hydrogen-bond donors (Lipinski definition) is 2. The maximum atomic E-state index is 14.9. The SMILES string of the molecule is CCCCCCCCCCCCCC[C@@H](OCc1ccccc1)[C@@H](OCc1ccccc1)[C@H](CO[C@H]1O[C@H](COCc2ccccc2)[C@H](OCc2ccccc2)[C@H](OCc2ccccc2)[C@H]1OCc1ccccc1)NC(=O)CCCCCCCCCCCNC(=O)c1ccccc1. The molecule has 97 heavy (non-hydrogen) atoms. The van der Waals surface area contributed by atoms with Gasteiger partial charge in [0.15, 0.2) is 6.29 Å². The molecule has 2 N–H and O–H groups in total. The van der Waals surface area contributed by atoms with Crippen molar-refractivity contribution >= 4 is 11.8 Å². The van der Waals surface area contributed by atoms with Crippen molar-refractivity contribution in [2.75, 3.05) is 19.8 Å². The Hall–Kier alpha value is -6.84. The molecule has 0 unspecified atom stereocenters. The Morgan fingerprint density at radius 1 is 0.402 bits per heavy atom. The van der Waals surface area contributed by atoms with E-state index >= 15 is 0 Å². The average molecular weight is 1320 g/mol. The molecular formula is C85H112N2O10. The molecule has 2 amide bonds.